The summed E-state index contributed by atoms with van der Waals surface area (Å²) in [6.45, 7) is 3.72. The van der Waals surface area contributed by atoms with E-state index in [0.29, 0.717) is 6.61 Å². The molecule has 2 N–H and O–H groups in total. The minimum Gasteiger partial charge on any atom is -0.489 e. The summed E-state index contributed by atoms with van der Waals surface area (Å²) in [7, 11) is 0. The maximum absolute atomic E-state index is 9.19. The number of benzene rings is 2. The molecule has 0 unspecified atom stereocenters. The predicted octanol–water partition coefficient (Wildman–Crippen LogP) is 2.85. The molecule has 5 nitrogen and oxygen atoms in total. The number of nitrogens with one attached hydrogen (secondary N) is 1. The van der Waals surface area contributed by atoms with E-state index in [1.54, 1.807) is 0 Å². The van der Waals surface area contributed by atoms with Gasteiger partial charge >= 0.3 is 0 Å². The molecule has 24 heavy (non-hydrogen) atoms. The van der Waals surface area contributed by atoms with Crippen LogP contribution >= 0.6 is 0 Å². The summed E-state index contributed by atoms with van der Waals surface area (Å²) in [5, 5.41) is 12.5. The number of aliphatic hydroxyl groups is 1. The van der Waals surface area contributed by atoms with Gasteiger partial charge in [0.25, 0.3) is 0 Å². The van der Waals surface area contributed by atoms with Gasteiger partial charge in [-0.1, -0.05) is 25.1 Å². The molecule has 0 amide bonds. The number of hydrogen-bond acceptors (Lipinski definition) is 5. The Bertz CT molecular complexity index is 653. The monoisotopic (exact) mass is 329 g/mol. The van der Waals surface area contributed by atoms with Crippen LogP contribution in [0.3, 0.4) is 0 Å². The lowest BCUT2D eigenvalue weighted by Gasteiger charge is -2.14. The van der Waals surface area contributed by atoms with E-state index in [4.69, 9.17) is 14.2 Å². The fraction of sp³-hybridized carbons (Fsp3) is 0.368. The minimum atomic E-state index is 0.145. The minimum absolute atomic E-state index is 0.145. The van der Waals surface area contributed by atoms with Crippen LogP contribution in [0, 0.1) is 0 Å². The van der Waals surface area contributed by atoms with Gasteiger partial charge in [0.1, 0.15) is 12.4 Å². The standard InChI is InChI=1S/C19H23NO4/c1-2-16(11-21)20-10-14-3-6-17(7-4-14)22-12-15-5-8-18-19(9-15)24-13-23-18/h3-9,16,20-21H,2,10-13H2,1H3/t16-/m0/s1. The zero-order valence-electron chi connectivity index (χ0n) is 13.8. The van der Waals surface area contributed by atoms with Crippen LogP contribution in [0.2, 0.25) is 0 Å². The van der Waals surface area contributed by atoms with Gasteiger partial charge in [-0.15, -0.1) is 0 Å². The summed E-state index contributed by atoms with van der Waals surface area (Å²) in [5.41, 5.74) is 2.20. The van der Waals surface area contributed by atoms with Crippen LogP contribution in [0.25, 0.3) is 0 Å². The average molecular weight is 329 g/mol. The Hall–Kier alpha value is -2.24. The summed E-state index contributed by atoms with van der Waals surface area (Å²) in [4.78, 5) is 0. The SMILES string of the molecule is CC[C@@H](CO)NCc1ccc(OCc2ccc3c(c2)OCO3)cc1. The zero-order valence-corrected chi connectivity index (χ0v) is 13.8. The summed E-state index contributed by atoms with van der Waals surface area (Å²) in [6, 6.07) is 14.0. The topological polar surface area (TPSA) is 60.0 Å². The van der Waals surface area contributed by atoms with Crippen molar-refractivity contribution in [2.24, 2.45) is 0 Å². The molecule has 2 aromatic carbocycles. The lowest BCUT2D eigenvalue weighted by Crippen LogP contribution is -2.31. The highest BCUT2D eigenvalue weighted by molar-refractivity contribution is 5.44. The summed E-state index contributed by atoms with van der Waals surface area (Å²) in [5.74, 6) is 2.38. The van der Waals surface area contributed by atoms with E-state index in [-0.39, 0.29) is 19.4 Å². The van der Waals surface area contributed by atoms with Gasteiger partial charge in [0.05, 0.1) is 6.61 Å². The second-order valence-electron chi connectivity index (χ2n) is 5.79. The van der Waals surface area contributed by atoms with Crippen LogP contribution in [0.1, 0.15) is 24.5 Å². The van der Waals surface area contributed by atoms with Gasteiger partial charge in [0, 0.05) is 12.6 Å². The van der Waals surface area contributed by atoms with Crippen molar-refractivity contribution in [2.45, 2.75) is 32.5 Å². The quantitative estimate of drug-likeness (QED) is 0.780. The summed E-state index contributed by atoms with van der Waals surface area (Å²) >= 11 is 0. The molecular formula is C19H23NO4. The summed E-state index contributed by atoms with van der Waals surface area (Å²) < 4.78 is 16.5. The number of aliphatic hydroxyl groups excluding tert-OH is 1. The van der Waals surface area contributed by atoms with Gasteiger partial charge in [0.2, 0.25) is 6.79 Å². The maximum atomic E-state index is 9.19. The molecule has 1 atom stereocenters. The number of rotatable bonds is 8. The van der Waals surface area contributed by atoms with Crippen molar-refractivity contribution in [1.29, 1.82) is 0 Å². The molecule has 0 bridgehead atoms. The molecule has 0 saturated carbocycles. The van der Waals surface area contributed by atoms with Crippen molar-refractivity contribution in [2.75, 3.05) is 13.4 Å². The Balaban J connectivity index is 1.51. The molecule has 2 aromatic rings. The first-order valence-electron chi connectivity index (χ1n) is 8.23. The van der Waals surface area contributed by atoms with E-state index >= 15 is 0 Å². The highest BCUT2D eigenvalue weighted by Gasteiger charge is 2.13. The molecule has 0 saturated heterocycles. The smallest absolute Gasteiger partial charge is 0.231 e. The first-order chi connectivity index (χ1) is 11.8. The molecule has 5 heteroatoms. The molecule has 128 valence electrons. The highest BCUT2D eigenvalue weighted by Crippen LogP contribution is 2.32. The third-order valence-corrected chi connectivity index (χ3v) is 4.07. The Labute approximate surface area is 142 Å². The number of fused-ring (bicyclic) bond motifs is 1. The normalized spacial score (nSPS) is 13.8. The van der Waals surface area contributed by atoms with Crippen molar-refractivity contribution in [3.05, 3.63) is 53.6 Å². The van der Waals surface area contributed by atoms with Gasteiger partial charge in [-0.3, -0.25) is 0 Å². The van der Waals surface area contributed by atoms with Crippen LogP contribution in [0.4, 0.5) is 0 Å². The first kappa shape index (κ1) is 16.6. The fourth-order valence-electron chi connectivity index (χ4n) is 2.50. The predicted molar refractivity (Wildman–Crippen MR) is 91.3 cm³/mol. The second kappa shape index (κ2) is 8.04. The second-order valence-corrected chi connectivity index (χ2v) is 5.79. The third-order valence-electron chi connectivity index (χ3n) is 4.07. The van der Waals surface area contributed by atoms with E-state index in [0.717, 1.165) is 41.3 Å². The van der Waals surface area contributed by atoms with Crippen molar-refractivity contribution in [1.82, 2.24) is 5.32 Å². The van der Waals surface area contributed by atoms with Crippen molar-refractivity contribution >= 4 is 0 Å². The molecule has 1 heterocycles. The molecule has 0 aliphatic carbocycles. The van der Waals surface area contributed by atoms with Crippen LogP contribution in [0.15, 0.2) is 42.5 Å². The van der Waals surface area contributed by atoms with Crippen molar-refractivity contribution in [3.63, 3.8) is 0 Å². The van der Waals surface area contributed by atoms with E-state index in [9.17, 15) is 5.11 Å². The van der Waals surface area contributed by atoms with Crippen LogP contribution in [-0.2, 0) is 13.2 Å². The van der Waals surface area contributed by atoms with Gasteiger partial charge in [-0.05, 0) is 41.8 Å². The first-order valence-corrected chi connectivity index (χ1v) is 8.23. The molecule has 0 aromatic heterocycles. The summed E-state index contributed by atoms with van der Waals surface area (Å²) in [6.07, 6.45) is 0.910. The van der Waals surface area contributed by atoms with Gasteiger partial charge in [0.15, 0.2) is 11.5 Å². The Morgan fingerprint density at radius 3 is 2.58 bits per heavy atom. The molecule has 1 aliphatic heterocycles. The third kappa shape index (κ3) is 4.19. The number of hydrogen-bond donors (Lipinski definition) is 2. The van der Waals surface area contributed by atoms with Gasteiger partial charge in [-0.25, -0.2) is 0 Å². The Kier molecular flexibility index (Phi) is 5.56. The van der Waals surface area contributed by atoms with Gasteiger partial charge in [-0.2, -0.15) is 0 Å². The Morgan fingerprint density at radius 2 is 1.83 bits per heavy atom. The van der Waals surface area contributed by atoms with Crippen LogP contribution < -0.4 is 19.5 Å². The molecular weight excluding hydrogens is 306 g/mol. The van der Waals surface area contributed by atoms with E-state index in [2.05, 4.69) is 12.2 Å². The van der Waals surface area contributed by atoms with Crippen LogP contribution in [-0.4, -0.2) is 24.5 Å². The van der Waals surface area contributed by atoms with E-state index in [1.807, 2.05) is 42.5 Å². The number of ether oxygens (including phenoxy) is 3. The van der Waals surface area contributed by atoms with E-state index < -0.39 is 0 Å². The lowest BCUT2D eigenvalue weighted by atomic mass is 10.2. The van der Waals surface area contributed by atoms with Crippen LogP contribution in [0.5, 0.6) is 17.2 Å². The average Bonchev–Trinajstić information content (AvgIpc) is 3.09. The maximum Gasteiger partial charge on any atom is 0.231 e. The molecule has 0 radical (unpaired) electrons. The van der Waals surface area contributed by atoms with Crippen molar-refractivity contribution < 1.29 is 19.3 Å². The molecule has 0 fully saturated rings. The molecule has 3 rings (SSSR count). The highest BCUT2D eigenvalue weighted by atomic mass is 16.7. The molecule has 1 aliphatic rings. The molecule has 0 spiro atoms. The Morgan fingerprint density at radius 1 is 1.08 bits per heavy atom. The largest absolute Gasteiger partial charge is 0.489 e. The van der Waals surface area contributed by atoms with Crippen molar-refractivity contribution in [3.8, 4) is 17.2 Å². The zero-order chi connectivity index (χ0) is 16.8. The fourth-order valence-corrected chi connectivity index (χ4v) is 2.50. The van der Waals surface area contributed by atoms with Gasteiger partial charge < -0.3 is 24.6 Å². The lowest BCUT2D eigenvalue weighted by molar-refractivity contribution is 0.174. The van der Waals surface area contributed by atoms with E-state index in [1.165, 1.54) is 0 Å².